The van der Waals surface area contributed by atoms with Gasteiger partial charge in [0.2, 0.25) is 5.89 Å². The van der Waals surface area contributed by atoms with Crippen molar-refractivity contribution in [3.05, 3.63) is 34.1 Å². The lowest BCUT2D eigenvalue weighted by molar-refractivity contribution is 0.0177. The largest absolute Gasteiger partial charge is 0.379 e. The maximum Gasteiger partial charge on any atom is 0.223 e. The Morgan fingerprint density at radius 1 is 1.38 bits per heavy atom. The first-order chi connectivity index (χ1) is 12.3. The second-order valence-corrected chi connectivity index (χ2v) is 6.70. The summed E-state index contributed by atoms with van der Waals surface area (Å²) in [5.74, 6) is 1.89. The number of aliphatic imine (C=N–C) groups is 1. The van der Waals surface area contributed by atoms with Gasteiger partial charge < -0.3 is 19.9 Å². The SMILES string of the molecule is CN=C(NCc1noc(C)n1)NCC(c1cccs1)N1CCOCC1.I. The van der Waals surface area contributed by atoms with Crippen LogP contribution in [0, 0.1) is 6.92 Å². The molecule has 0 aromatic carbocycles. The zero-order valence-electron chi connectivity index (χ0n) is 15.0. The molecule has 1 fully saturated rings. The van der Waals surface area contributed by atoms with Crippen molar-refractivity contribution in [1.29, 1.82) is 0 Å². The average Bonchev–Trinajstić information content (AvgIpc) is 3.31. The number of guanidine groups is 1. The summed E-state index contributed by atoms with van der Waals surface area (Å²) in [6, 6.07) is 4.58. The number of nitrogens with zero attached hydrogens (tertiary/aromatic N) is 4. The van der Waals surface area contributed by atoms with E-state index in [0.717, 1.165) is 38.8 Å². The van der Waals surface area contributed by atoms with Gasteiger partial charge in [-0.3, -0.25) is 9.89 Å². The molecule has 26 heavy (non-hydrogen) atoms. The van der Waals surface area contributed by atoms with Crippen molar-refractivity contribution in [2.24, 2.45) is 4.99 Å². The Morgan fingerprint density at radius 2 is 2.19 bits per heavy atom. The molecule has 1 saturated heterocycles. The van der Waals surface area contributed by atoms with Gasteiger partial charge in [0, 0.05) is 38.5 Å². The van der Waals surface area contributed by atoms with Crippen LogP contribution < -0.4 is 10.6 Å². The molecule has 0 radical (unpaired) electrons. The number of thiophene rings is 1. The van der Waals surface area contributed by atoms with Gasteiger partial charge in [-0.05, 0) is 11.4 Å². The first-order valence-electron chi connectivity index (χ1n) is 8.35. The van der Waals surface area contributed by atoms with Crippen molar-refractivity contribution < 1.29 is 9.26 Å². The highest BCUT2D eigenvalue weighted by Crippen LogP contribution is 2.25. The molecule has 144 valence electrons. The number of hydrogen-bond acceptors (Lipinski definition) is 7. The third-order valence-electron chi connectivity index (χ3n) is 4.03. The van der Waals surface area contributed by atoms with Gasteiger partial charge in [-0.1, -0.05) is 11.2 Å². The second kappa shape index (κ2) is 10.8. The highest BCUT2D eigenvalue weighted by Gasteiger charge is 2.23. The normalized spacial score (nSPS) is 16.8. The van der Waals surface area contributed by atoms with Crippen LogP contribution in [0.25, 0.3) is 0 Å². The Labute approximate surface area is 174 Å². The topological polar surface area (TPSA) is 87.8 Å². The number of nitrogens with one attached hydrogen (secondary N) is 2. The average molecular weight is 492 g/mol. The van der Waals surface area contributed by atoms with Crippen molar-refractivity contribution in [2.45, 2.75) is 19.5 Å². The van der Waals surface area contributed by atoms with Gasteiger partial charge >= 0.3 is 0 Å². The Hall–Kier alpha value is -1.24. The van der Waals surface area contributed by atoms with Crippen molar-refractivity contribution in [3.8, 4) is 0 Å². The van der Waals surface area contributed by atoms with Gasteiger partial charge in [0.25, 0.3) is 0 Å². The summed E-state index contributed by atoms with van der Waals surface area (Å²) in [5.41, 5.74) is 0. The van der Waals surface area contributed by atoms with E-state index in [0.29, 0.717) is 24.3 Å². The quantitative estimate of drug-likeness (QED) is 0.361. The summed E-state index contributed by atoms with van der Waals surface area (Å²) in [5, 5.41) is 12.6. The lowest BCUT2D eigenvalue weighted by Gasteiger charge is -2.34. The van der Waals surface area contributed by atoms with E-state index in [1.807, 2.05) is 0 Å². The van der Waals surface area contributed by atoms with E-state index in [1.54, 1.807) is 25.3 Å². The summed E-state index contributed by atoms with van der Waals surface area (Å²) < 4.78 is 10.5. The molecule has 2 aromatic rings. The van der Waals surface area contributed by atoms with Crippen molar-refractivity contribution in [1.82, 2.24) is 25.7 Å². The number of aryl methyl sites for hydroxylation is 1. The van der Waals surface area contributed by atoms with E-state index in [9.17, 15) is 0 Å². The summed E-state index contributed by atoms with van der Waals surface area (Å²) in [7, 11) is 1.76. The molecule has 0 aliphatic carbocycles. The van der Waals surface area contributed by atoms with Gasteiger partial charge in [-0.25, -0.2) is 0 Å². The van der Waals surface area contributed by atoms with E-state index >= 15 is 0 Å². The fourth-order valence-electron chi connectivity index (χ4n) is 2.77. The molecule has 2 N–H and O–H groups in total. The summed E-state index contributed by atoms with van der Waals surface area (Å²) in [6.45, 7) is 6.47. The van der Waals surface area contributed by atoms with Gasteiger partial charge in [-0.2, -0.15) is 4.98 Å². The van der Waals surface area contributed by atoms with E-state index < -0.39 is 0 Å². The molecule has 1 aliphatic rings. The van der Waals surface area contributed by atoms with E-state index in [-0.39, 0.29) is 24.0 Å². The summed E-state index contributed by atoms with van der Waals surface area (Å²) >= 11 is 1.78. The molecular weight excluding hydrogens is 467 g/mol. The Morgan fingerprint density at radius 3 is 2.81 bits per heavy atom. The van der Waals surface area contributed by atoms with Gasteiger partial charge in [0.1, 0.15) is 0 Å². The fourth-order valence-corrected chi connectivity index (χ4v) is 3.63. The second-order valence-electron chi connectivity index (χ2n) is 5.72. The maximum atomic E-state index is 5.49. The Kier molecular flexibility index (Phi) is 8.75. The predicted molar refractivity (Wildman–Crippen MR) is 112 cm³/mol. The number of rotatable bonds is 6. The molecule has 1 unspecified atom stereocenters. The molecule has 1 atom stereocenters. The van der Waals surface area contributed by atoms with Crippen LogP contribution in [0.1, 0.15) is 22.6 Å². The molecule has 3 rings (SSSR count). The van der Waals surface area contributed by atoms with Crippen LogP contribution in [0.2, 0.25) is 0 Å². The molecule has 1 aliphatic heterocycles. The van der Waals surface area contributed by atoms with E-state index in [2.05, 4.69) is 48.2 Å². The highest BCUT2D eigenvalue weighted by molar-refractivity contribution is 14.0. The standard InChI is InChI=1S/C16H24N6O2S.HI/c1-12-20-15(21-24-12)11-19-16(17-2)18-10-13(14-4-3-9-25-14)22-5-7-23-8-6-22;/h3-4,9,13H,5-8,10-11H2,1-2H3,(H2,17,18,19);1H. The number of hydrogen-bond donors (Lipinski definition) is 2. The minimum absolute atomic E-state index is 0. The highest BCUT2D eigenvalue weighted by atomic mass is 127. The molecular formula is C16H25IN6O2S. The Balaban J connectivity index is 0.00000243. The smallest absolute Gasteiger partial charge is 0.223 e. The molecule has 10 heteroatoms. The van der Waals surface area contributed by atoms with Crippen LogP contribution in [0.3, 0.4) is 0 Å². The third kappa shape index (κ3) is 5.89. The number of halogens is 1. The van der Waals surface area contributed by atoms with Crippen molar-refractivity contribution in [2.75, 3.05) is 39.9 Å². The molecule has 0 spiro atoms. The van der Waals surface area contributed by atoms with Crippen LogP contribution in [0.5, 0.6) is 0 Å². The molecule has 3 heterocycles. The molecule has 0 bridgehead atoms. The van der Waals surface area contributed by atoms with Crippen LogP contribution >= 0.6 is 35.3 Å². The summed E-state index contributed by atoms with van der Waals surface area (Å²) in [4.78, 5) is 12.3. The fraction of sp³-hybridized carbons (Fsp3) is 0.562. The lowest BCUT2D eigenvalue weighted by Crippen LogP contribution is -2.46. The zero-order valence-corrected chi connectivity index (χ0v) is 18.1. The predicted octanol–water partition coefficient (Wildman–Crippen LogP) is 1.80. The van der Waals surface area contributed by atoms with Crippen molar-refractivity contribution >= 4 is 41.3 Å². The first kappa shape index (κ1) is 21.1. The van der Waals surface area contributed by atoms with E-state index in [4.69, 9.17) is 9.26 Å². The molecule has 2 aromatic heterocycles. The maximum absolute atomic E-state index is 5.49. The van der Waals surface area contributed by atoms with Crippen LogP contribution in [-0.4, -0.2) is 60.9 Å². The van der Waals surface area contributed by atoms with Crippen LogP contribution in [0.15, 0.2) is 27.0 Å². The van der Waals surface area contributed by atoms with Gasteiger partial charge in [-0.15, -0.1) is 35.3 Å². The molecule has 0 saturated carbocycles. The van der Waals surface area contributed by atoms with Crippen LogP contribution in [-0.2, 0) is 11.3 Å². The monoisotopic (exact) mass is 492 g/mol. The van der Waals surface area contributed by atoms with Gasteiger partial charge in [0.05, 0.1) is 25.8 Å². The number of morpholine rings is 1. The first-order valence-corrected chi connectivity index (χ1v) is 9.23. The minimum Gasteiger partial charge on any atom is -0.379 e. The molecule has 0 amide bonds. The van der Waals surface area contributed by atoms with Crippen molar-refractivity contribution in [3.63, 3.8) is 0 Å². The zero-order chi connectivity index (χ0) is 17.5. The lowest BCUT2D eigenvalue weighted by atomic mass is 10.2. The van der Waals surface area contributed by atoms with E-state index in [1.165, 1.54) is 4.88 Å². The molecule has 8 nitrogen and oxygen atoms in total. The minimum atomic E-state index is 0. The number of ether oxygens (including phenoxy) is 1. The Bertz CT molecular complexity index is 672. The summed E-state index contributed by atoms with van der Waals surface area (Å²) in [6.07, 6.45) is 0. The van der Waals surface area contributed by atoms with Gasteiger partial charge in [0.15, 0.2) is 11.8 Å². The van der Waals surface area contributed by atoms with Crippen LogP contribution in [0.4, 0.5) is 0 Å². The number of aromatic nitrogens is 2. The third-order valence-corrected chi connectivity index (χ3v) is 5.00.